The summed E-state index contributed by atoms with van der Waals surface area (Å²) in [4.78, 5) is 10.1. The lowest BCUT2D eigenvalue weighted by Crippen LogP contribution is -2.21. The highest BCUT2D eigenvalue weighted by atomic mass is 19.1. The molecule has 3 nitrogen and oxygen atoms in total. The number of carbonyl (C=O) groups is 1. The number of benzene rings is 1. The normalized spacial score (nSPS) is 12.2. The fraction of sp³-hybridized carbons (Fsp3) is 0.222. The van der Waals surface area contributed by atoms with Gasteiger partial charge >= 0.3 is 12.3 Å². The van der Waals surface area contributed by atoms with Crippen molar-refractivity contribution in [1.82, 2.24) is 0 Å². The molecule has 0 aliphatic carbocycles. The van der Waals surface area contributed by atoms with Crippen LogP contribution in [0, 0.1) is 12.7 Å². The summed E-state index contributed by atoms with van der Waals surface area (Å²) < 4.78 is 29.7. The number of ether oxygens (including phenoxy) is 1. The Bertz CT molecular complexity index is 352. The van der Waals surface area contributed by atoms with E-state index >= 15 is 0 Å². The highest BCUT2D eigenvalue weighted by Crippen LogP contribution is 2.19. The topological polar surface area (TPSA) is 46.5 Å². The number of aryl methyl sites for hydroxylation is 1. The zero-order valence-corrected chi connectivity index (χ0v) is 7.33. The van der Waals surface area contributed by atoms with Crippen LogP contribution in [0.3, 0.4) is 0 Å². The zero-order valence-electron chi connectivity index (χ0n) is 7.33. The van der Waals surface area contributed by atoms with Gasteiger partial charge in [0.2, 0.25) is 0 Å². The van der Waals surface area contributed by atoms with Crippen LogP contribution in [0.15, 0.2) is 18.2 Å². The predicted molar refractivity (Wildman–Crippen MR) is 44.3 cm³/mol. The van der Waals surface area contributed by atoms with Crippen molar-refractivity contribution in [3.8, 4) is 5.75 Å². The van der Waals surface area contributed by atoms with Gasteiger partial charge in [-0.25, -0.2) is 9.18 Å². The number of hydrogen-bond donors (Lipinski definition) is 1. The first-order chi connectivity index (χ1) is 6.50. The molecule has 0 aliphatic rings. The molecule has 1 aromatic carbocycles. The Morgan fingerprint density at radius 1 is 1.57 bits per heavy atom. The summed E-state index contributed by atoms with van der Waals surface area (Å²) in [5, 5.41) is 8.18. The molecule has 0 saturated heterocycles. The van der Waals surface area contributed by atoms with E-state index < -0.39 is 23.9 Å². The van der Waals surface area contributed by atoms with Crippen molar-refractivity contribution in [2.24, 2.45) is 0 Å². The molecule has 0 spiro atoms. The summed E-state index contributed by atoms with van der Waals surface area (Å²) >= 11 is 0. The zero-order chi connectivity index (χ0) is 10.7. The highest BCUT2D eigenvalue weighted by molar-refractivity contribution is 5.70. The third-order valence-electron chi connectivity index (χ3n) is 1.51. The van der Waals surface area contributed by atoms with E-state index in [0.29, 0.717) is 5.56 Å². The van der Waals surface area contributed by atoms with E-state index in [4.69, 9.17) is 5.11 Å². The smallest absolute Gasteiger partial charge is 0.378 e. The SMILES string of the molecule is Cc1ccc(F)c(OC(F)C(=O)O)c1. The third kappa shape index (κ3) is 2.42. The fourth-order valence-corrected chi connectivity index (χ4v) is 0.863. The molecule has 1 unspecified atom stereocenters. The largest absolute Gasteiger partial charge is 0.476 e. The standard InChI is InChI=1S/C9H8F2O3/c1-5-2-3-6(10)7(4-5)14-8(11)9(12)13/h2-4,8H,1H3,(H,12,13). The van der Waals surface area contributed by atoms with Crippen LogP contribution in [0.4, 0.5) is 8.78 Å². The molecule has 5 heteroatoms. The molecule has 0 saturated carbocycles. The maximum atomic E-state index is 12.9. The molecule has 0 heterocycles. The average Bonchev–Trinajstić information content (AvgIpc) is 2.11. The van der Waals surface area contributed by atoms with Crippen LogP contribution in [-0.2, 0) is 4.79 Å². The lowest BCUT2D eigenvalue weighted by molar-refractivity contribution is -0.153. The van der Waals surface area contributed by atoms with Crippen molar-refractivity contribution in [3.63, 3.8) is 0 Å². The number of carboxylic acid groups (broad SMARTS) is 1. The van der Waals surface area contributed by atoms with Crippen molar-refractivity contribution in [2.45, 2.75) is 13.3 Å². The van der Waals surface area contributed by atoms with Crippen LogP contribution < -0.4 is 4.74 Å². The van der Waals surface area contributed by atoms with Crippen molar-refractivity contribution in [3.05, 3.63) is 29.6 Å². The van der Waals surface area contributed by atoms with Crippen molar-refractivity contribution in [1.29, 1.82) is 0 Å². The number of alkyl halides is 1. The van der Waals surface area contributed by atoms with E-state index in [1.165, 1.54) is 12.1 Å². The van der Waals surface area contributed by atoms with Gasteiger partial charge in [0.05, 0.1) is 0 Å². The van der Waals surface area contributed by atoms with Crippen LogP contribution in [-0.4, -0.2) is 17.4 Å². The molecule has 0 fully saturated rings. The molecular formula is C9H8F2O3. The van der Waals surface area contributed by atoms with E-state index in [0.717, 1.165) is 6.07 Å². The average molecular weight is 202 g/mol. The van der Waals surface area contributed by atoms with Crippen LogP contribution in [0.1, 0.15) is 5.56 Å². The summed E-state index contributed by atoms with van der Waals surface area (Å²) in [6.07, 6.45) is -2.55. The van der Waals surface area contributed by atoms with Gasteiger partial charge in [0.15, 0.2) is 11.6 Å². The monoisotopic (exact) mass is 202 g/mol. The molecule has 0 aliphatic heterocycles. The summed E-state index contributed by atoms with van der Waals surface area (Å²) in [5.74, 6) is -2.98. The van der Waals surface area contributed by atoms with E-state index in [-0.39, 0.29) is 0 Å². The second-order valence-electron chi connectivity index (χ2n) is 2.71. The molecule has 0 aromatic heterocycles. The molecule has 0 bridgehead atoms. The highest BCUT2D eigenvalue weighted by Gasteiger charge is 2.19. The van der Waals surface area contributed by atoms with Gasteiger partial charge in [-0.2, -0.15) is 4.39 Å². The lowest BCUT2D eigenvalue weighted by Gasteiger charge is -2.08. The molecule has 1 atom stereocenters. The van der Waals surface area contributed by atoms with Gasteiger partial charge in [-0.3, -0.25) is 0 Å². The van der Waals surface area contributed by atoms with E-state index in [1.807, 2.05) is 0 Å². The fourth-order valence-electron chi connectivity index (χ4n) is 0.863. The van der Waals surface area contributed by atoms with E-state index in [1.54, 1.807) is 6.92 Å². The van der Waals surface area contributed by atoms with E-state index in [2.05, 4.69) is 4.74 Å². The Morgan fingerprint density at radius 2 is 2.21 bits per heavy atom. The summed E-state index contributed by atoms with van der Waals surface area (Å²) in [6.45, 7) is 1.65. The van der Waals surface area contributed by atoms with Crippen molar-refractivity contribution < 1.29 is 23.4 Å². The third-order valence-corrected chi connectivity index (χ3v) is 1.51. The quantitative estimate of drug-likeness (QED) is 0.814. The van der Waals surface area contributed by atoms with Crippen molar-refractivity contribution >= 4 is 5.97 Å². The Hall–Kier alpha value is -1.65. The summed E-state index contributed by atoms with van der Waals surface area (Å²) in [5.41, 5.74) is 0.652. The van der Waals surface area contributed by atoms with Crippen LogP contribution >= 0.6 is 0 Å². The number of aliphatic carboxylic acids is 1. The van der Waals surface area contributed by atoms with Gasteiger partial charge in [-0.05, 0) is 24.6 Å². The van der Waals surface area contributed by atoms with Gasteiger partial charge in [0.25, 0.3) is 0 Å². The van der Waals surface area contributed by atoms with Gasteiger partial charge < -0.3 is 9.84 Å². The number of rotatable bonds is 3. The van der Waals surface area contributed by atoms with Gasteiger partial charge in [-0.1, -0.05) is 6.07 Å². The first-order valence-corrected chi connectivity index (χ1v) is 3.80. The van der Waals surface area contributed by atoms with Crippen molar-refractivity contribution in [2.75, 3.05) is 0 Å². The summed E-state index contributed by atoms with van der Waals surface area (Å²) in [7, 11) is 0. The summed E-state index contributed by atoms with van der Waals surface area (Å²) in [6, 6.07) is 3.78. The second kappa shape index (κ2) is 4.04. The Kier molecular flexibility index (Phi) is 3.01. The molecule has 76 valence electrons. The maximum Gasteiger partial charge on any atom is 0.378 e. The predicted octanol–water partition coefficient (Wildman–Crippen LogP) is 1.89. The minimum absolute atomic E-state index is 0.403. The Balaban J connectivity index is 2.85. The molecule has 0 amide bonds. The minimum atomic E-state index is -2.55. The second-order valence-corrected chi connectivity index (χ2v) is 2.71. The maximum absolute atomic E-state index is 12.9. The number of carboxylic acids is 1. The van der Waals surface area contributed by atoms with E-state index in [9.17, 15) is 13.6 Å². The molecule has 1 N–H and O–H groups in total. The molecule has 1 rings (SSSR count). The van der Waals surface area contributed by atoms with Crippen LogP contribution in [0.5, 0.6) is 5.75 Å². The van der Waals surface area contributed by atoms with Crippen LogP contribution in [0.2, 0.25) is 0 Å². The molecule has 0 radical (unpaired) electrons. The minimum Gasteiger partial charge on any atom is -0.476 e. The van der Waals surface area contributed by atoms with Crippen LogP contribution in [0.25, 0.3) is 0 Å². The lowest BCUT2D eigenvalue weighted by atomic mass is 10.2. The van der Waals surface area contributed by atoms with Gasteiger partial charge in [0, 0.05) is 0 Å². The Labute approximate surface area is 78.9 Å². The first kappa shape index (κ1) is 10.4. The first-order valence-electron chi connectivity index (χ1n) is 3.80. The number of halogens is 2. The molecule has 1 aromatic rings. The Morgan fingerprint density at radius 3 is 2.79 bits per heavy atom. The van der Waals surface area contributed by atoms with Gasteiger partial charge in [0.1, 0.15) is 0 Å². The van der Waals surface area contributed by atoms with Gasteiger partial charge in [-0.15, -0.1) is 0 Å². The number of hydrogen-bond acceptors (Lipinski definition) is 2. The molecular weight excluding hydrogens is 194 g/mol. The molecule has 14 heavy (non-hydrogen) atoms.